The Kier molecular flexibility index (Phi) is 5.25. The lowest BCUT2D eigenvalue weighted by molar-refractivity contribution is 0.0921. The first-order chi connectivity index (χ1) is 13.6. The number of benzene rings is 1. The number of nitrogens with one attached hydrogen (secondary N) is 1. The van der Waals surface area contributed by atoms with Crippen molar-refractivity contribution in [1.29, 1.82) is 0 Å². The smallest absolute Gasteiger partial charge is 0.269 e. The number of halogens is 1. The molecule has 144 valence electrons. The van der Waals surface area contributed by atoms with Crippen molar-refractivity contribution in [1.82, 2.24) is 25.3 Å². The molecule has 0 atom stereocenters. The molecule has 1 N–H and O–H groups in total. The van der Waals surface area contributed by atoms with E-state index >= 15 is 0 Å². The fraction of sp³-hybridized carbons (Fsp3) is 0.300. The van der Waals surface area contributed by atoms with Crippen molar-refractivity contribution in [3.8, 4) is 11.3 Å². The second-order valence-corrected chi connectivity index (χ2v) is 7.24. The summed E-state index contributed by atoms with van der Waals surface area (Å²) in [6, 6.07) is 13.4. The van der Waals surface area contributed by atoms with Gasteiger partial charge in [-0.15, -0.1) is 10.2 Å². The summed E-state index contributed by atoms with van der Waals surface area (Å²) in [6.45, 7) is 1.63. The molecule has 1 saturated heterocycles. The number of hydrogen-bond donors (Lipinski definition) is 1. The summed E-state index contributed by atoms with van der Waals surface area (Å²) in [4.78, 5) is 14.5. The minimum atomic E-state index is -0.0812. The highest BCUT2D eigenvalue weighted by atomic mass is 35.5. The van der Waals surface area contributed by atoms with Crippen molar-refractivity contribution in [3.05, 3.63) is 59.4 Å². The lowest BCUT2D eigenvalue weighted by atomic mass is 10.0. The lowest BCUT2D eigenvalue weighted by Gasteiger charge is -2.32. The third-order valence-electron chi connectivity index (χ3n) is 5.01. The van der Waals surface area contributed by atoms with Gasteiger partial charge in [0, 0.05) is 37.9 Å². The van der Waals surface area contributed by atoms with E-state index in [0.29, 0.717) is 10.7 Å². The van der Waals surface area contributed by atoms with Crippen molar-refractivity contribution < 1.29 is 4.79 Å². The van der Waals surface area contributed by atoms with E-state index in [1.54, 1.807) is 24.0 Å². The highest BCUT2D eigenvalue weighted by Gasteiger charge is 2.23. The SMILES string of the molecule is Cn1nccc1C(=O)NC1CCN(c2ccc(-c3ccccc3Cl)nn2)CC1. The van der Waals surface area contributed by atoms with E-state index in [2.05, 4.69) is 25.5 Å². The van der Waals surface area contributed by atoms with Gasteiger partial charge < -0.3 is 10.2 Å². The number of anilines is 1. The number of piperidine rings is 1. The Morgan fingerprint density at radius 2 is 1.89 bits per heavy atom. The zero-order valence-electron chi connectivity index (χ0n) is 15.5. The standard InChI is InChI=1S/C20H21ClN6O/c1-26-18(8-11-22-26)20(28)23-14-9-12-27(13-10-14)19-7-6-17(24-25-19)15-4-2-3-5-16(15)21/h2-8,11,14H,9-10,12-13H2,1H3,(H,23,28). The number of carbonyl (C=O) groups is 1. The van der Waals surface area contributed by atoms with Crippen LogP contribution in [0.25, 0.3) is 11.3 Å². The molecular weight excluding hydrogens is 376 g/mol. The third kappa shape index (κ3) is 3.84. The molecule has 8 heteroatoms. The van der Waals surface area contributed by atoms with Gasteiger partial charge in [-0.1, -0.05) is 29.8 Å². The van der Waals surface area contributed by atoms with Crippen LogP contribution in [0.3, 0.4) is 0 Å². The van der Waals surface area contributed by atoms with Crippen LogP contribution in [0.2, 0.25) is 5.02 Å². The molecule has 0 spiro atoms. The molecule has 3 aromatic rings. The number of aromatic nitrogens is 4. The highest BCUT2D eigenvalue weighted by Crippen LogP contribution is 2.26. The van der Waals surface area contributed by atoms with Crippen LogP contribution in [0, 0.1) is 0 Å². The van der Waals surface area contributed by atoms with Crippen molar-refractivity contribution in [2.45, 2.75) is 18.9 Å². The normalized spacial score (nSPS) is 14.9. The van der Waals surface area contributed by atoms with E-state index in [1.165, 1.54) is 0 Å². The monoisotopic (exact) mass is 396 g/mol. The number of hydrogen-bond acceptors (Lipinski definition) is 5. The van der Waals surface area contributed by atoms with Crippen LogP contribution in [0.5, 0.6) is 0 Å². The van der Waals surface area contributed by atoms with Crippen molar-refractivity contribution in [3.63, 3.8) is 0 Å². The Hall–Kier alpha value is -2.93. The van der Waals surface area contributed by atoms with Gasteiger partial charge in [0.15, 0.2) is 5.82 Å². The Morgan fingerprint density at radius 1 is 1.11 bits per heavy atom. The molecule has 7 nitrogen and oxygen atoms in total. The van der Waals surface area contributed by atoms with Crippen LogP contribution in [-0.4, -0.2) is 45.0 Å². The minimum Gasteiger partial charge on any atom is -0.355 e. The van der Waals surface area contributed by atoms with E-state index in [1.807, 2.05) is 36.4 Å². The molecule has 0 unspecified atom stereocenters. The molecule has 3 heterocycles. The second kappa shape index (κ2) is 7.98. The number of rotatable bonds is 4. The fourth-order valence-electron chi connectivity index (χ4n) is 3.42. The first-order valence-corrected chi connectivity index (χ1v) is 9.62. The zero-order valence-corrected chi connectivity index (χ0v) is 16.3. The summed E-state index contributed by atoms with van der Waals surface area (Å²) in [5.74, 6) is 0.759. The van der Waals surface area contributed by atoms with E-state index in [0.717, 1.165) is 43.0 Å². The lowest BCUT2D eigenvalue weighted by Crippen LogP contribution is -2.45. The Morgan fingerprint density at radius 3 is 2.54 bits per heavy atom. The summed E-state index contributed by atoms with van der Waals surface area (Å²) in [5, 5.41) is 16.5. The first-order valence-electron chi connectivity index (χ1n) is 9.24. The third-order valence-corrected chi connectivity index (χ3v) is 5.34. The van der Waals surface area contributed by atoms with Gasteiger partial charge in [0.05, 0.1) is 10.7 Å². The molecule has 0 bridgehead atoms. The van der Waals surface area contributed by atoms with Gasteiger partial charge in [-0.05, 0) is 37.1 Å². The van der Waals surface area contributed by atoms with E-state index < -0.39 is 0 Å². The molecule has 1 aromatic carbocycles. The van der Waals surface area contributed by atoms with Crippen LogP contribution in [0.1, 0.15) is 23.3 Å². The first kappa shape index (κ1) is 18.4. The molecular formula is C20H21ClN6O. The van der Waals surface area contributed by atoms with E-state index in [-0.39, 0.29) is 11.9 Å². The van der Waals surface area contributed by atoms with Gasteiger partial charge in [0.1, 0.15) is 5.69 Å². The zero-order chi connectivity index (χ0) is 19.5. The molecule has 0 saturated carbocycles. The average molecular weight is 397 g/mol. The second-order valence-electron chi connectivity index (χ2n) is 6.83. The maximum atomic E-state index is 12.3. The molecule has 1 aliphatic rings. The highest BCUT2D eigenvalue weighted by molar-refractivity contribution is 6.33. The maximum absolute atomic E-state index is 12.3. The summed E-state index contributed by atoms with van der Waals surface area (Å²) >= 11 is 6.23. The van der Waals surface area contributed by atoms with E-state index in [4.69, 9.17) is 11.6 Å². The predicted octanol–water partition coefficient (Wildman–Crippen LogP) is 2.93. The van der Waals surface area contributed by atoms with Gasteiger partial charge in [0.25, 0.3) is 5.91 Å². The van der Waals surface area contributed by atoms with Gasteiger partial charge in [-0.25, -0.2) is 0 Å². The van der Waals surface area contributed by atoms with Crippen molar-refractivity contribution in [2.24, 2.45) is 7.05 Å². The number of carbonyl (C=O) groups excluding carboxylic acids is 1. The van der Waals surface area contributed by atoms with Crippen LogP contribution in [-0.2, 0) is 7.05 Å². The molecule has 4 rings (SSSR count). The molecule has 0 aliphatic carbocycles. The van der Waals surface area contributed by atoms with Crippen LogP contribution in [0.15, 0.2) is 48.7 Å². The van der Waals surface area contributed by atoms with E-state index in [9.17, 15) is 4.79 Å². The molecule has 28 heavy (non-hydrogen) atoms. The molecule has 1 amide bonds. The summed E-state index contributed by atoms with van der Waals surface area (Å²) < 4.78 is 1.58. The van der Waals surface area contributed by atoms with Crippen molar-refractivity contribution in [2.75, 3.05) is 18.0 Å². The molecule has 1 fully saturated rings. The fourth-order valence-corrected chi connectivity index (χ4v) is 3.65. The Bertz CT molecular complexity index is 963. The van der Waals surface area contributed by atoms with Crippen LogP contribution < -0.4 is 10.2 Å². The number of nitrogens with zero attached hydrogens (tertiary/aromatic N) is 5. The van der Waals surface area contributed by atoms with Gasteiger partial charge in [-0.2, -0.15) is 5.10 Å². The summed E-state index contributed by atoms with van der Waals surface area (Å²) in [7, 11) is 1.77. The minimum absolute atomic E-state index is 0.0812. The summed E-state index contributed by atoms with van der Waals surface area (Å²) in [6.07, 6.45) is 3.34. The van der Waals surface area contributed by atoms with Crippen molar-refractivity contribution >= 4 is 23.3 Å². The quantitative estimate of drug-likeness (QED) is 0.733. The average Bonchev–Trinajstić information content (AvgIpc) is 3.15. The summed E-state index contributed by atoms with van der Waals surface area (Å²) in [5.41, 5.74) is 2.20. The Labute approximate surface area is 168 Å². The molecule has 0 radical (unpaired) electrons. The van der Waals surface area contributed by atoms with Crippen LogP contribution in [0.4, 0.5) is 5.82 Å². The van der Waals surface area contributed by atoms with Gasteiger partial charge >= 0.3 is 0 Å². The van der Waals surface area contributed by atoms with Gasteiger partial charge in [-0.3, -0.25) is 9.48 Å². The van der Waals surface area contributed by atoms with Gasteiger partial charge in [0.2, 0.25) is 0 Å². The molecule has 1 aliphatic heterocycles. The number of aryl methyl sites for hydroxylation is 1. The Balaban J connectivity index is 1.36. The van der Waals surface area contributed by atoms with Crippen LogP contribution >= 0.6 is 11.6 Å². The topological polar surface area (TPSA) is 75.9 Å². The number of amides is 1. The predicted molar refractivity (Wildman–Crippen MR) is 108 cm³/mol. The maximum Gasteiger partial charge on any atom is 0.269 e. The molecule has 2 aromatic heterocycles. The largest absolute Gasteiger partial charge is 0.355 e.